The molecule has 1 N–H and O–H groups in total. The minimum absolute atomic E-state index is 0.231. The van der Waals surface area contributed by atoms with E-state index in [1.165, 1.54) is 7.05 Å². The lowest BCUT2D eigenvalue weighted by molar-refractivity contribution is -0.145. The molecular formula is C6H8FNO3. The van der Waals surface area contributed by atoms with Crippen LogP contribution in [-0.2, 0) is 9.59 Å². The number of carbonyl (C=O) groups excluding carboxylic acids is 1. The molecule has 1 amide bonds. The lowest BCUT2D eigenvalue weighted by Crippen LogP contribution is -2.35. The Morgan fingerprint density at radius 1 is 1.82 bits per heavy atom. The van der Waals surface area contributed by atoms with Gasteiger partial charge in [0.05, 0.1) is 0 Å². The Bertz CT molecular complexity index is 206. The lowest BCUT2D eigenvalue weighted by atomic mass is 10.2. The van der Waals surface area contributed by atoms with Gasteiger partial charge in [-0.25, -0.2) is 9.18 Å². The molecule has 1 rings (SSSR count). The van der Waals surface area contributed by atoms with E-state index in [4.69, 9.17) is 5.11 Å². The van der Waals surface area contributed by atoms with Crippen LogP contribution in [0.25, 0.3) is 0 Å². The van der Waals surface area contributed by atoms with E-state index >= 15 is 0 Å². The molecule has 1 saturated heterocycles. The molecule has 0 aromatic heterocycles. The van der Waals surface area contributed by atoms with Gasteiger partial charge in [0, 0.05) is 13.5 Å². The first-order valence-corrected chi connectivity index (χ1v) is 3.17. The fourth-order valence-corrected chi connectivity index (χ4v) is 1.10. The predicted molar refractivity (Wildman–Crippen MR) is 33.7 cm³/mol. The topological polar surface area (TPSA) is 57.6 Å². The molecule has 4 nitrogen and oxygen atoms in total. The second-order valence-corrected chi connectivity index (χ2v) is 2.51. The number of amides is 1. The Labute approximate surface area is 62.6 Å². The highest BCUT2D eigenvalue weighted by atomic mass is 19.1. The molecule has 0 bridgehead atoms. The van der Waals surface area contributed by atoms with Crippen LogP contribution in [0.3, 0.4) is 0 Å². The number of aliphatic carboxylic acids is 1. The number of likely N-dealkylation sites (tertiary alicyclic amines) is 1. The molecule has 0 aromatic rings. The minimum Gasteiger partial charge on any atom is -0.480 e. The summed E-state index contributed by atoms with van der Waals surface area (Å²) in [6.07, 6.45) is -1.87. The lowest BCUT2D eigenvalue weighted by Gasteiger charge is -2.13. The minimum atomic E-state index is -1.64. The van der Waals surface area contributed by atoms with Crippen LogP contribution in [0.5, 0.6) is 0 Å². The van der Waals surface area contributed by atoms with Gasteiger partial charge in [-0.2, -0.15) is 0 Å². The van der Waals surface area contributed by atoms with Gasteiger partial charge in [-0.1, -0.05) is 0 Å². The first-order chi connectivity index (χ1) is 5.04. The Balaban J connectivity index is 2.75. The van der Waals surface area contributed by atoms with Crippen molar-refractivity contribution in [3.05, 3.63) is 0 Å². The van der Waals surface area contributed by atoms with Crippen molar-refractivity contribution in [1.82, 2.24) is 4.90 Å². The predicted octanol–water partition coefficient (Wildman–Crippen LogP) is -0.360. The van der Waals surface area contributed by atoms with Gasteiger partial charge in [-0.05, 0) is 0 Å². The summed E-state index contributed by atoms with van der Waals surface area (Å²) >= 11 is 0. The van der Waals surface area contributed by atoms with Gasteiger partial charge in [-0.3, -0.25) is 4.79 Å². The molecule has 5 heteroatoms. The summed E-state index contributed by atoms with van der Waals surface area (Å²) in [4.78, 5) is 22.0. The van der Waals surface area contributed by atoms with Gasteiger partial charge in [0.15, 0.2) is 6.17 Å². The molecule has 0 spiro atoms. The van der Waals surface area contributed by atoms with Crippen LogP contribution in [0.1, 0.15) is 6.42 Å². The molecular weight excluding hydrogens is 153 g/mol. The van der Waals surface area contributed by atoms with Crippen molar-refractivity contribution < 1.29 is 19.1 Å². The second kappa shape index (κ2) is 2.48. The monoisotopic (exact) mass is 161 g/mol. The van der Waals surface area contributed by atoms with E-state index in [0.717, 1.165) is 4.90 Å². The molecule has 1 aliphatic rings. The molecule has 0 aliphatic carbocycles. The molecule has 1 fully saturated rings. The Morgan fingerprint density at radius 3 is 2.55 bits per heavy atom. The first-order valence-electron chi connectivity index (χ1n) is 3.17. The highest BCUT2D eigenvalue weighted by molar-refractivity contribution is 5.90. The van der Waals surface area contributed by atoms with Gasteiger partial charge < -0.3 is 10.0 Å². The standard InChI is InChI=1S/C6H8FNO3/c1-8-4(6(10)11)2-3(7)5(8)9/h3-4H,2H2,1H3,(H,10,11). The third-order valence-electron chi connectivity index (χ3n) is 1.80. The Kier molecular flexibility index (Phi) is 1.80. The third kappa shape index (κ3) is 1.18. The van der Waals surface area contributed by atoms with Gasteiger partial charge in [0.1, 0.15) is 6.04 Å². The first kappa shape index (κ1) is 7.97. The van der Waals surface area contributed by atoms with Crippen molar-refractivity contribution in [2.45, 2.75) is 18.6 Å². The molecule has 0 aromatic carbocycles. The molecule has 0 saturated carbocycles. The number of carboxylic acid groups (broad SMARTS) is 1. The van der Waals surface area contributed by atoms with E-state index in [1.54, 1.807) is 0 Å². The number of hydrogen-bond acceptors (Lipinski definition) is 2. The van der Waals surface area contributed by atoms with Crippen molar-refractivity contribution in [2.75, 3.05) is 7.05 Å². The van der Waals surface area contributed by atoms with E-state index in [0.29, 0.717) is 0 Å². The number of alkyl halides is 1. The SMILES string of the molecule is CN1C(=O)C(F)CC1C(=O)O. The maximum atomic E-state index is 12.5. The van der Waals surface area contributed by atoms with Crippen LogP contribution >= 0.6 is 0 Å². The molecule has 1 aliphatic heterocycles. The van der Waals surface area contributed by atoms with Gasteiger partial charge in [-0.15, -0.1) is 0 Å². The summed E-state index contributed by atoms with van der Waals surface area (Å²) in [5, 5.41) is 8.46. The molecule has 0 radical (unpaired) electrons. The fraction of sp³-hybridized carbons (Fsp3) is 0.667. The van der Waals surface area contributed by atoms with E-state index in [9.17, 15) is 14.0 Å². The molecule has 2 unspecified atom stereocenters. The van der Waals surface area contributed by atoms with Crippen LogP contribution in [-0.4, -0.2) is 41.1 Å². The van der Waals surface area contributed by atoms with Gasteiger partial charge >= 0.3 is 5.97 Å². The summed E-state index contributed by atoms with van der Waals surface area (Å²) in [5.41, 5.74) is 0. The van der Waals surface area contributed by atoms with Crippen LogP contribution in [0, 0.1) is 0 Å². The van der Waals surface area contributed by atoms with Crippen LogP contribution < -0.4 is 0 Å². The number of nitrogens with zero attached hydrogens (tertiary/aromatic N) is 1. The van der Waals surface area contributed by atoms with Gasteiger partial charge in [0.25, 0.3) is 5.91 Å². The highest BCUT2D eigenvalue weighted by Crippen LogP contribution is 2.19. The van der Waals surface area contributed by atoms with E-state index in [1.807, 2.05) is 0 Å². The summed E-state index contributed by atoms with van der Waals surface area (Å²) < 4.78 is 12.5. The molecule has 11 heavy (non-hydrogen) atoms. The fourth-order valence-electron chi connectivity index (χ4n) is 1.10. The van der Waals surface area contributed by atoms with Crippen molar-refractivity contribution in [3.63, 3.8) is 0 Å². The Hall–Kier alpha value is -1.13. The Morgan fingerprint density at radius 2 is 2.36 bits per heavy atom. The summed E-state index contributed by atoms with van der Waals surface area (Å²) in [7, 11) is 1.29. The van der Waals surface area contributed by atoms with Gasteiger partial charge in [0.2, 0.25) is 0 Å². The van der Waals surface area contributed by atoms with Crippen molar-refractivity contribution >= 4 is 11.9 Å². The van der Waals surface area contributed by atoms with Crippen molar-refractivity contribution in [3.8, 4) is 0 Å². The summed E-state index contributed by atoms with van der Waals surface area (Å²) in [6.45, 7) is 0. The number of hydrogen-bond donors (Lipinski definition) is 1. The maximum absolute atomic E-state index is 12.5. The van der Waals surface area contributed by atoms with Crippen molar-refractivity contribution in [1.29, 1.82) is 0 Å². The van der Waals surface area contributed by atoms with Crippen LogP contribution in [0.2, 0.25) is 0 Å². The molecule has 1 heterocycles. The number of rotatable bonds is 1. The average molecular weight is 161 g/mol. The third-order valence-corrected chi connectivity index (χ3v) is 1.80. The zero-order valence-corrected chi connectivity index (χ0v) is 5.95. The van der Waals surface area contributed by atoms with E-state index in [2.05, 4.69) is 0 Å². The zero-order chi connectivity index (χ0) is 8.59. The molecule has 62 valence electrons. The highest BCUT2D eigenvalue weighted by Gasteiger charge is 2.41. The summed E-state index contributed by atoms with van der Waals surface area (Å²) in [5.74, 6) is -1.89. The largest absolute Gasteiger partial charge is 0.480 e. The van der Waals surface area contributed by atoms with Crippen molar-refractivity contribution in [2.24, 2.45) is 0 Å². The number of halogens is 1. The number of carbonyl (C=O) groups is 2. The number of carboxylic acids is 1. The average Bonchev–Trinajstić information content (AvgIpc) is 2.17. The van der Waals surface area contributed by atoms with E-state index in [-0.39, 0.29) is 6.42 Å². The quantitative estimate of drug-likeness (QED) is 0.571. The normalized spacial score (nSPS) is 31.1. The maximum Gasteiger partial charge on any atom is 0.326 e. The van der Waals surface area contributed by atoms with E-state index < -0.39 is 24.1 Å². The smallest absolute Gasteiger partial charge is 0.326 e. The van der Waals surface area contributed by atoms with Crippen LogP contribution in [0.15, 0.2) is 0 Å². The summed E-state index contributed by atoms with van der Waals surface area (Å²) in [6, 6.07) is -0.988. The number of likely N-dealkylation sites (N-methyl/N-ethyl adjacent to an activating group) is 1. The van der Waals surface area contributed by atoms with Crippen LogP contribution in [0.4, 0.5) is 4.39 Å². The second-order valence-electron chi connectivity index (χ2n) is 2.51. The zero-order valence-electron chi connectivity index (χ0n) is 5.95. The molecule has 2 atom stereocenters.